The minimum Gasteiger partial charge on any atom is -0.497 e. The van der Waals surface area contributed by atoms with Crippen LogP contribution in [0, 0.1) is 5.82 Å². The third kappa shape index (κ3) is 4.09. The number of nitrogens with zero attached hydrogens (tertiary/aromatic N) is 2. The van der Waals surface area contributed by atoms with Crippen LogP contribution in [0.5, 0.6) is 23.0 Å². The van der Waals surface area contributed by atoms with Crippen LogP contribution >= 0.6 is 0 Å². The second-order valence-corrected chi connectivity index (χ2v) is 6.07. The van der Waals surface area contributed by atoms with E-state index in [9.17, 15) is 13.2 Å². The highest BCUT2D eigenvalue weighted by Gasteiger charge is 2.43. The largest absolute Gasteiger partial charge is 0.586 e. The average molecular weight is 420 g/mol. The molecule has 0 spiro atoms. The molecule has 4 rings (SSSR count). The predicted octanol–water partition coefficient (Wildman–Crippen LogP) is 4.44. The molecule has 8 nitrogen and oxygen atoms in total. The monoisotopic (exact) mass is 420 g/mol. The molecule has 0 unspecified atom stereocenters. The van der Waals surface area contributed by atoms with Crippen LogP contribution in [-0.4, -0.2) is 30.5 Å². The van der Waals surface area contributed by atoms with E-state index in [0.717, 1.165) is 6.20 Å². The van der Waals surface area contributed by atoms with E-state index in [-0.39, 0.29) is 29.0 Å². The van der Waals surface area contributed by atoms with Crippen LogP contribution in [0.2, 0.25) is 0 Å². The summed E-state index contributed by atoms with van der Waals surface area (Å²) in [6.07, 6.45) is -2.77. The maximum Gasteiger partial charge on any atom is 0.586 e. The van der Waals surface area contributed by atoms with E-state index in [2.05, 4.69) is 30.1 Å². The van der Waals surface area contributed by atoms with E-state index in [1.165, 1.54) is 32.4 Å². The molecular formula is C19H15F3N4O4. The third-order valence-electron chi connectivity index (χ3n) is 4.02. The molecule has 0 fully saturated rings. The lowest BCUT2D eigenvalue weighted by Gasteiger charge is -2.11. The number of rotatable bonds is 6. The fourth-order valence-electron chi connectivity index (χ4n) is 2.69. The molecule has 0 saturated carbocycles. The van der Waals surface area contributed by atoms with Crippen LogP contribution in [0.15, 0.2) is 42.6 Å². The molecule has 1 aliphatic rings. The van der Waals surface area contributed by atoms with Gasteiger partial charge in [0.15, 0.2) is 23.1 Å². The normalized spacial score (nSPS) is 13.6. The number of halogens is 3. The first-order chi connectivity index (χ1) is 14.3. The Morgan fingerprint density at radius 2 is 1.60 bits per heavy atom. The maximum atomic E-state index is 14.2. The number of hydrogen-bond donors (Lipinski definition) is 2. The van der Waals surface area contributed by atoms with Gasteiger partial charge in [-0.15, -0.1) is 8.78 Å². The SMILES string of the molecule is COc1cc(Nc2ncc(F)c(Nc3ccc4c(c3)OC(F)(F)O4)n2)cc(OC)c1. The molecule has 30 heavy (non-hydrogen) atoms. The number of ether oxygens (including phenoxy) is 4. The molecule has 0 bridgehead atoms. The van der Waals surface area contributed by atoms with Gasteiger partial charge in [0.05, 0.1) is 20.4 Å². The van der Waals surface area contributed by atoms with Crippen molar-refractivity contribution in [2.45, 2.75) is 6.29 Å². The fourth-order valence-corrected chi connectivity index (χ4v) is 2.69. The molecule has 156 valence electrons. The molecule has 11 heteroatoms. The van der Waals surface area contributed by atoms with Crippen LogP contribution in [0.1, 0.15) is 0 Å². The zero-order valence-electron chi connectivity index (χ0n) is 15.7. The summed E-state index contributed by atoms with van der Waals surface area (Å²) >= 11 is 0. The number of fused-ring (bicyclic) bond motifs is 1. The van der Waals surface area contributed by atoms with Gasteiger partial charge in [0.2, 0.25) is 5.95 Å². The molecule has 1 aliphatic heterocycles. The number of methoxy groups -OCH3 is 2. The number of hydrogen-bond acceptors (Lipinski definition) is 8. The zero-order valence-corrected chi connectivity index (χ0v) is 15.7. The topological polar surface area (TPSA) is 86.8 Å². The van der Waals surface area contributed by atoms with Crippen LogP contribution in [0.25, 0.3) is 0 Å². The zero-order chi connectivity index (χ0) is 21.3. The molecule has 0 amide bonds. The highest BCUT2D eigenvalue weighted by molar-refractivity contribution is 5.64. The van der Waals surface area contributed by atoms with Crippen molar-refractivity contribution in [3.05, 3.63) is 48.4 Å². The second-order valence-electron chi connectivity index (χ2n) is 6.07. The molecule has 0 atom stereocenters. The first-order valence-corrected chi connectivity index (χ1v) is 8.55. The number of alkyl halides is 2. The summed E-state index contributed by atoms with van der Waals surface area (Å²) in [7, 11) is 3.02. The van der Waals surface area contributed by atoms with Crippen LogP contribution < -0.4 is 29.6 Å². The maximum absolute atomic E-state index is 14.2. The van der Waals surface area contributed by atoms with Crippen LogP contribution in [0.3, 0.4) is 0 Å². The van der Waals surface area contributed by atoms with Crippen LogP contribution in [-0.2, 0) is 0 Å². The Kier molecular flexibility index (Phi) is 4.86. The van der Waals surface area contributed by atoms with Gasteiger partial charge < -0.3 is 29.6 Å². The lowest BCUT2D eigenvalue weighted by atomic mass is 10.2. The third-order valence-corrected chi connectivity index (χ3v) is 4.02. The smallest absolute Gasteiger partial charge is 0.497 e. The van der Waals surface area contributed by atoms with E-state index in [1.54, 1.807) is 18.2 Å². The summed E-state index contributed by atoms with van der Waals surface area (Å²) in [6, 6.07) is 9.00. The minimum absolute atomic E-state index is 0.0847. The standard InChI is InChI=1S/C19H15F3N4O4/c1-27-12-5-11(6-13(8-12)28-2)25-18-23-9-14(20)17(26-18)24-10-3-4-15-16(7-10)30-19(21,22)29-15/h3-9H,1-2H3,(H2,23,24,25,26). The Morgan fingerprint density at radius 3 is 2.30 bits per heavy atom. The van der Waals surface area contributed by atoms with Crippen molar-refractivity contribution in [2.24, 2.45) is 0 Å². The Balaban J connectivity index is 1.56. The molecule has 2 heterocycles. The molecular weight excluding hydrogens is 405 g/mol. The van der Waals surface area contributed by atoms with Crippen molar-refractivity contribution in [3.8, 4) is 23.0 Å². The van der Waals surface area contributed by atoms with Crippen molar-refractivity contribution < 1.29 is 32.1 Å². The van der Waals surface area contributed by atoms with Gasteiger partial charge in [-0.3, -0.25) is 0 Å². The molecule has 0 aliphatic carbocycles. The van der Waals surface area contributed by atoms with Crippen LogP contribution in [0.4, 0.5) is 36.3 Å². The number of anilines is 4. The van der Waals surface area contributed by atoms with E-state index in [1.807, 2.05) is 0 Å². The lowest BCUT2D eigenvalue weighted by Crippen LogP contribution is -2.25. The summed E-state index contributed by atoms with van der Waals surface area (Å²) < 4.78 is 59.6. The molecule has 0 radical (unpaired) electrons. The summed E-state index contributed by atoms with van der Waals surface area (Å²) in [5.41, 5.74) is 0.815. The van der Waals surface area contributed by atoms with Crippen molar-refractivity contribution in [3.63, 3.8) is 0 Å². The lowest BCUT2D eigenvalue weighted by molar-refractivity contribution is -0.286. The Hall–Kier alpha value is -3.89. The highest BCUT2D eigenvalue weighted by atomic mass is 19.3. The summed E-state index contributed by atoms with van der Waals surface area (Å²) in [5, 5.41) is 5.63. The summed E-state index contributed by atoms with van der Waals surface area (Å²) in [6.45, 7) is 0. The van der Waals surface area contributed by atoms with E-state index >= 15 is 0 Å². The van der Waals surface area contributed by atoms with Gasteiger partial charge in [-0.25, -0.2) is 9.37 Å². The Labute approximate surface area is 168 Å². The van der Waals surface area contributed by atoms with Gasteiger partial charge in [0.1, 0.15) is 11.5 Å². The van der Waals surface area contributed by atoms with Gasteiger partial charge in [-0.05, 0) is 12.1 Å². The van der Waals surface area contributed by atoms with E-state index in [4.69, 9.17) is 9.47 Å². The first kappa shape index (κ1) is 19.4. The molecule has 3 aromatic rings. The van der Waals surface area contributed by atoms with E-state index < -0.39 is 12.1 Å². The number of nitrogens with one attached hydrogen (secondary N) is 2. The molecule has 2 aromatic carbocycles. The summed E-state index contributed by atoms with van der Waals surface area (Å²) in [5.74, 6) is -0.0606. The highest BCUT2D eigenvalue weighted by Crippen LogP contribution is 2.42. The van der Waals surface area contributed by atoms with Gasteiger partial charge in [-0.1, -0.05) is 0 Å². The number of benzene rings is 2. The van der Waals surface area contributed by atoms with Gasteiger partial charge in [0, 0.05) is 35.6 Å². The van der Waals surface area contributed by atoms with Gasteiger partial charge >= 0.3 is 6.29 Å². The molecule has 1 aromatic heterocycles. The first-order valence-electron chi connectivity index (χ1n) is 8.55. The summed E-state index contributed by atoms with van der Waals surface area (Å²) in [4.78, 5) is 7.99. The quantitative estimate of drug-likeness (QED) is 0.605. The van der Waals surface area contributed by atoms with Gasteiger partial charge in [0.25, 0.3) is 0 Å². The van der Waals surface area contributed by atoms with Crippen molar-refractivity contribution in [1.29, 1.82) is 0 Å². The second kappa shape index (κ2) is 7.50. The predicted molar refractivity (Wildman–Crippen MR) is 101 cm³/mol. The fraction of sp³-hybridized carbons (Fsp3) is 0.158. The van der Waals surface area contributed by atoms with Gasteiger partial charge in [-0.2, -0.15) is 4.98 Å². The Morgan fingerprint density at radius 1 is 0.900 bits per heavy atom. The molecule has 2 N–H and O–H groups in total. The Bertz CT molecular complexity index is 1080. The van der Waals surface area contributed by atoms with Crippen molar-refractivity contribution >= 4 is 23.1 Å². The molecule has 0 saturated heterocycles. The van der Waals surface area contributed by atoms with Crippen molar-refractivity contribution in [2.75, 3.05) is 24.9 Å². The average Bonchev–Trinajstić information content (AvgIpc) is 3.03. The minimum atomic E-state index is -3.74. The number of aromatic nitrogens is 2. The van der Waals surface area contributed by atoms with Crippen molar-refractivity contribution in [1.82, 2.24) is 9.97 Å². The van der Waals surface area contributed by atoms with E-state index in [0.29, 0.717) is 17.2 Å².